The number of aryl methyl sites for hydroxylation is 2. The molecule has 4 aromatic rings. The highest BCUT2D eigenvalue weighted by Crippen LogP contribution is 2.31. The van der Waals surface area contributed by atoms with Crippen LogP contribution in [0.5, 0.6) is 0 Å². The second kappa shape index (κ2) is 13.8. The van der Waals surface area contributed by atoms with Crippen molar-refractivity contribution >= 4 is 44.5 Å². The number of nitrogens with one attached hydrogen (secondary N) is 3. The Kier molecular flexibility index (Phi) is 9.69. The Labute approximate surface area is 259 Å². The SMILES string of the molecule is CCc1nc2c(cnn2CC)c(NC2CCOCC2)c1CNC(=O)c1cccc(C(=O)NCc2ccc(C#N)c(Br)c2)c1. The van der Waals surface area contributed by atoms with Crippen LogP contribution in [0.15, 0.2) is 53.1 Å². The quantitative estimate of drug-likeness (QED) is 0.219. The third kappa shape index (κ3) is 6.87. The molecule has 3 N–H and O–H groups in total. The number of nitriles is 1. The number of benzene rings is 2. The monoisotopic (exact) mass is 643 g/mol. The molecule has 0 bridgehead atoms. The van der Waals surface area contributed by atoms with Gasteiger partial charge in [0, 0.05) is 65.7 Å². The second-order valence-electron chi connectivity index (χ2n) is 10.4. The van der Waals surface area contributed by atoms with E-state index in [0.717, 1.165) is 46.4 Å². The van der Waals surface area contributed by atoms with Gasteiger partial charge in [-0.1, -0.05) is 19.1 Å². The first kappa shape index (κ1) is 30.2. The summed E-state index contributed by atoms with van der Waals surface area (Å²) in [6, 6.07) is 14.3. The van der Waals surface area contributed by atoms with Crippen LogP contribution in [-0.2, 0) is 30.8 Å². The molecular formula is C32H34BrN7O3. The third-order valence-corrected chi connectivity index (χ3v) is 8.25. The van der Waals surface area contributed by atoms with Crippen LogP contribution in [0, 0.1) is 11.3 Å². The summed E-state index contributed by atoms with van der Waals surface area (Å²) in [5.74, 6) is -0.581. The van der Waals surface area contributed by atoms with Crippen LogP contribution in [0.4, 0.5) is 5.69 Å². The summed E-state index contributed by atoms with van der Waals surface area (Å²) in [5, 5.41) is 24.3. The van der Waals surface area contributed by atoms with Crippen molar-refractivity contribution in [3.05, 3.63) is 86.6 Å². The maximum Gasteiger partial charge on any atom is 0.251 e. The van der Waals surface area contributed by atoms with Crippen molar-refractivity contribution in [1.29, 1.82) is 5.26 Å². The lowest BCUT2D eigenvalue weighted by Gasteiger charge is -2.26. The fourth-order valence-electron chi connectivity index (χ4n) is 5.22. The molecule has 0 radical (unpaired) electrons. The number of pyridine rings is 1. The van der Waals surface area contributed by atoms with Crippen LogP contribution < -0.4 is 16.0 Å². The van der Waals surface area contributed by atoms with Gasteiger partial charge in [0.1, 0.15) is 6.07 Å². The number of aromatic nitrogens is 3. The number of fused-ring (bicyclic) bond motifs is 1. The topological polar surface area (TPSA) is 134 Å². The number of nitrogens with zero attached hydrogens (tertiary/aromatic N) is 4. The Morgan fingerprint density at radius 3 is 2.44 bits per heavy atom. The average Bonchev–Trinajstić information content (AvgIpc) is 3.46. The summed E-state index contributed by atoms with van der Waals surface area (Å²) in [5.41, 5.74) is 5.77. The molecule has 1 saturated heterocycles. The lowest BCUT2D eigenvalue weighted by molar-refractivity contribution is 0.0904. The maximum absolute atomic E-state index is 13.3. The van der Waals surface area contributed by atoms with Gasteiger partial charge in [0.2, 0.25) is 0 Å². The summed E-state index contributed by atoms with van der Waals surface area (Å²) in [6.07, 6.45) is 4.34. The lowest BCUT2D eigenvalue weighted by atomic mass is 10.0. The number of carbonyl (C=O) groups excluding carboxylic acids is 2. The van der Waals surface area contributed by atoms with E-state index in [4.69, 9.17) is 15.0 Å². The molecule has 0 atom stereocenters. The van der Waals surface area contributed by atoms with Gasteiger partial charge in [-0.25, -0.2) is 9.67 Å². The van der Waals surface area contributed by atoms with E-state index in [-0.39, 0.29) is 30.9 Å². The molecule has 1 aliphatic heterocycles. The van der Waals surface area contributed by atoms with Crippen LogP contribution in [-0.4, -0.2) is 45.8 Å². The van der Waals surface area contributed by atoms with Crippen molar-refractivity contribution < 1.29 is 14.3 Å². The van der Waals surface area contributed by atoms with Gasteiger partial charge in [0.25, 0.3) is 11.8 Å². The minimum Gasteiger partial charge on any atom is -0.381 e. The van der Waals surface area contributed by atoms with E-state index in [2.05, 4.69) is 50.0 Å². The summed E-state index contributed by atoms with van der Waals surface area (Å²) >= 11 is 3.37. The average molecular weight is 645 g/mol. The molecule has 2 amide bonds. The van der Waals surface area contributed by atoms with E-state index < -0.39 is 0 Å². The fourth-order valence-corrected chi connectivity index (χ4v) is 5.73. The predicted molar refractivity (Wildman–Crippen MR) is 168 cm³/mol. The minimum atomic E-state index is -0.297. The number of hydrogen-bond acceptors (Lipinski definition) is 7. The van der Waals surface area contributed by atoms with Gasteiger partial charge in [-0.15, -0.1) is 0 Å². The van der Waals surface area contributed by atoms with Gasteiger partial charge in [-0.2, -0.15) is 10.4 Å². The minimum absolute atomic E-state index is 0.254. The van der Waals surface area contributed by atoms with Gasteiger partial charge in [0.15, 0.2) is 5.65 Å². The van der Waals surface area contributed by atoms with E-state index in [1.54, 1.807) is 42.5 Å². The zero-order valence-electron chi connectivity index (χ0n) is 24.2. The summed E-state index contributed by atoms with van der Waals surface area (Å²) in [7, 11) is 0. The summed E-state index contributed by atoms with van der Waals surface area (Å²) in [4.78, 5) is 31.2. The van der Waals surface area contributed by atoms with Gasteiger partial charge in [-0.05, 0) is 78.0 Å². The van der Waals surface area contributed by atoms with Crippen LogP contribution >= 0.6 is 15.9 Å². The molecule has 0 aliphatic carbocycles. The summed E-state index contributed by atoms with van der Waals surface area (Å²) in [6.45, 7) is 6.79. The van der Waals surface area contributed by atoms with E-state index >= 15 is 0 Å². The Morgan fingerprint density at radius 1 is 1.07 bits per heavy atom. The molecule has 11 heteroatoms. The van der Waals surface area contributed by atoms with E-state index in [1.165, 1.54) is 0 Å². The van der Waals surface area contributed by atoms with Crippen molar-refractivity contribution in [3.63, 3.8) is 0 Å². The number of carbonyl (C=O) groups is 2. The van der Waals surface area contributed by atoms with Crippen LogP contribution in [0.2, 0.25) is 0 Å². The molecule has 1 fully saturated rings. The van der Waals surface area contributed by atoms with E-state index in [0.29, 0.717) is 47.3 Å². The molecule has 5 rings (SSSR count). The van der Waals surface area contributed by atoms with Crippen LogP contribution in [0.25, 0.3) is 11.0 Å². The molecule has 2 aromatic heterocycles. The predicted octanol–water partition coefficient (Wildman–Crippen LogP) is 5.10. The number of ether oxygens (including phenoxy) is 1. The molecule has 43 heavy (non-hydrogen) atoms. The Balaban J connectivity index is 1.32. The van der Waals surface area contributed by atoms with Crippen LogP contribution in [0.1, 0.15) is 69.8 Å². The Bertz CT molecular complexity index is 1690. The number of rotatable bonds is 10. The van der Waals surface area contributed by atoms with Crippen LogP contribution in [0.3, 0.4) is 0 Å². The molecule has 3 heterocycles. The highest BCUT2D eigenvalue weighted by atomic mass is 79.9. The number of halogens is 1. The largest absolute Gasteiger partial charge is 0.381 e. The zero-order chi connectivity index (χ0) is 30.3. The maximum atomic E-state index is 13.3. The smallest absolute Gasteiger partial charge is 0.251 e. The van der Waals surface area contributed by atoms with Gasteiger partial charge in [0.05, 0.1) is 22.8 Å². The highest BCUT2D eigenvalue weighted by Gasteiger charge is 2.22. The number of anilines is 1. The first-order valence-electron chi connectivity index (χ1n) is 14.5. The highest BCUT2D eigenvalue weighted by molar-refractivity contribution is 9.10. The molecule has 0 unspecified atom stereocenters. The third-order valence-electron chi connectivity index (χ3n) is 7.60. The van der Waals surface area contributed by atoms with Gasteiger partial charge >= 0.3 is 0 Å². The molecule has 222 valence electrons. The Hall–Kier alpha value is -4.27. The van der Waals surface area contributed by atoms with Crippen molar-refractivity contribution in [2.24, 2.45) is 0 Å². The van der Waals surface area contributed by atoms with Gasteiger partial charge < -0.3 is 20.7 Å². The van der Waals surface area contributed by atoms with Crippen molar-refractivity contribution in [2.75, 3.05) is 18.5 Å². The van der Waals surface area contributed by atoms with Crippen molar-refractivity contribution in [3.8, 4) is 6.07 Å². The van der Waals surface area contributed by atoms with E-state index in [1.807, 2.05) is 17.8 Å². The van der Waals surface area contributed by atoms with Gasteiger partial charge in [-0.3, -0.25) is 9.59 Å². The molecule has 0 saturated carbocycles. The molecule has 2 aromatic carbocycles. The Morgan fingerprint density at radius 2 is 1.79 bits per heavy atom. The van der Waals surface area contributed by atoms with Crippen molar-refractivity contribution in [1.82, 2.24) is 25.4 Å². The van der Waals surface area contributed by atoms with Crippen molar-refractivity contribution in [2.45, 2.75) is 58.8 Å². The fraction of sp³-hybridized carbons (Fsp3) is 0.344. The normalized spacial score (nSPS) is 13.4. The second-order valence-corrected chi connectivity index (χ2v) is 11.2. The summed E-state index contributed by atoms with van der Waals surface area (Å²) < 4.78 is 8.12. The first-order valence-corrected chi connectivity index (χ1v) is 15.3. The number of amides is 2. The lowest BCUT2D eigenvalue weighted by Crippen LogP contribution is -2.30. The number of hydrogen-bond donors (Lipinski definition) is 3. The molecule has 10 nitrogen and oxygen atoms in total. The standard InChI is InChI=1S/C32H34BrN7O3/c1-3-28-25(29(38-24-10-12-43-13-11-24)26-19-37-40(4-2)30(26)39-28)18-36-32(42)22-7-5-6-21(15-22)31(41)35-17-20-8-9-23(16-34)27(33)14-20/h5-9,14-15,19,24H,3-4,10-13,17-18H2,1-2H3,(H,35,41)(H,36,42)(H,38,39). The molecular weight excluding hydrogens is 610 g/mol. The first-order chi connectivity index (χ1) is 20.9. The molecule has 1 aliphatic rings. The molecule has 0 spiro atoms. The van der Waals surface area contributed by atoms with E-state index in [9.17, 15) is 9.59 Å². The zero-order valence-corrected chi connectivity index (χ0v) is 25.8.